The number of benzene rings is 3. The van der Waals surface area contributed by atoms with Crippen LogP contribution in [0.4, 0.5) is 0 Å². The molecular formula is C34H30MoO3Sn+2. The molecule has 192 valence electrons. The van der Waals surface area contributed by atoms with Crippen LogP contribution in [0.2, 0.25) is 0 Å². The Morgan fingerprint density at radius 3 is 1.44 bits per heavy atom. The van der Waals surface area contributed by atoms with Crippen molar-refractivity contribution in [3.63, 3.8) is 0 Å². The molecule has 0 heterocycles. The van der Waals surface area contributed by atoms with Crippen LogP contribution in [0.3, 0.4) is 0 Å². The molecule has 3 aromatic rings. The van der Waals surface area contributed by atoms with Gasteiger partial charge in [0.25, 0.3) is 0 Å². The van der Waals surface area contributed by atoms with E-state index in [1.165, 1.54) is 10.7 Å². The average Bonchev–Trinajstić information content (AvgIpc) is 3.62. The summed E-state index contributed by atoms with van der Waals surface area (Å²) in [6.07, 6.45) is 20.5. The van der Waals surface area contributed by atoms with Crippen molar-refractivity contribution in [3.8, 4) is 0 Å². The molecule has 3 nitrogen and oxygen atoms in total. The summed E-state index contributed by atoms with van der Waals surface area (Å²) in [6, 6.07) is 32.9. The van der Waals surface area contributed by atoms with Gasteiger partial charge < -0.3 is 11.2 Å². The van der Waals surface area contributed by atoms with E-state index in [2.05, 4.69) is 111 Å². The van der Waals surface area contributed by atoms with Crippen LogP contribution in [0, 0.1) is 64.4 Å². The van der Waals surface area contributed by atoms with Crippen molar-refractivity contribution >= 4 is 30.5 Å². The minimum absolute atomic E-state index is 0. The molecule has 8 radical (unpaired) electrons. The maximum absolute atomic E-state index is 7.50. The van der Waals surface area contributed by atoms with Crippen LogP contribution in [0.5, 0.6) is 0 Å². The van der Waals surface area contributed by atoms with Crippen LogP contribution in [-0.2, 0) is 35.1 Å². The van der Waals surface area contributed by atoms with Crippen molar-refractivity contribution in [1.29, 1.82) is 0 Å². The summed E-state index contributed by atoms with van der Waals surface area (Å²) in [4.78, 5) is 0. The Morgan fingerprint density at radius 1 is 0.692 bits per heavy atom. The van der Waals surface area contributed by atoms with E-state index in [1.54, 1.807) is 6.61 Å². The molecule has 0 spiro atoms. The Morgan fingerprint density at radius 2 is 1.13 bits per heavy atom. The molecule has 0 N–H and O–H groups in total. The van der Waals surface area contributed by atoms with Gasteiger partial charge in [-0.1, -0.05) is 37.1 Å². The Hall–Kier alpha value is -1.93. The van der Waals surface area contributed by atoms with Crippen molar-refractivity contribution in [2.75, 3.05) is 6.61 Å². The molecule has 39 heavy (non-hydrogen) atoms. The summed E-state index contributed by atoms with van der Waals surface area (Å²) in [6.45, 7) is 13.5. The SMILES string of the molecule is CCO[CH][C]1[CH]C=CC=C1.[C-]#[O+].[C-]#[O+].[C-]1[CH][CH][CH][CH]1.[Mo+2].c1cc[c]([Sn+]([c]2ccccc2)[c]2ccccc2)cc1. The van der Waals surface area contributed by atoms with Gasteiger partial charge >= 0.3 is 165 Å². The number of hydrogen-bond acceptors (Lipinski definition) is 1. The van der Waals surface area contributed by atoms with Gasteiger partial charge in [0.2, 0.25) is 0 Å². The average molecular weight is 701 g/mol. The van der Waals surface area contributed by atoms with E-state index in [4.69, 9.17) is 14.0 Å². The quantitative estimate of drug-likeness (QED) is 0.200. The molecule has 5 rings (SSSR count). The van der Waals surface area contributed by atoms with E-state index in [9.17, 15) is 0 Å². The number of hydrogen-bond donors (Lipinski definition) is 0. The van der Waals surface area contributed by atoms with Crippen molar-refractivity contribution in [2.24, 2.45) is 0 Å². The van der Waals surface area contributed by atoms with Crippen molar-refractivity contribution in [1.82, 2.24) is 0 Å². The third kappa shape index (κ3) is 16.1. The van der Waals surface area contributed by atoms with Gasteiger partial charge in [-0.2, -0.15) is 0 Å². The van der Waals surface area contributed by atoms with Crippen LogP contribution in [-0.4, -0.2) is 26.4 Å². The summed E-state index contributed by atoms with van der Waals surface area (Å²) in [5.74, 6) is 1.12. The van der Waals surface area contributed by atoms with Crippen molar-refractivity contribution < 1.29 is 35.1 Å². The fraction of sp³-hybridized carbons (Fsp3) is 0.0588. The fourth-order valence-corrected chi connectivity index (χ4v) is 10.7. The van der Waals surface area contributed by atoms with Gasteiger partial charge in [-0.25, -0.2) is 12.8 Å². The normalized spacial score (nSPS) is 12.7. The van der Waals surface area contributed by atoms with E-state index in [1.807, 2.05) is 63.3 Å². The molecule has 5 heteroatoms. The van der Waals surface area contributed by atoms with Gasteiger partial charge in [0.1, 0.15) is 0 Å². The molecule has 0 saturated heterocycles. The third-order valence-corrected chi connectivity index (χ3v) is 12.7. The molecule has 1 fully saturated rings. The summed E-state index contributed by atoms with van der Waals surface area (Å²) in [7, 11) is 0. The molecule has 1 saturated carbocycles. The fourth-order valence-electron chi connectivity index (χ4n) is 3.30. The van der Waals surface area contributed by atoms with E-state index < -0.39 is 19.8 Å². The zero-order chi connectivity index (χ0) is 27.7. The first-order valence-corrected chi connectivity index (χ1v) is 16.2. The van der Waals surface area contributed by atoms with E-state index in [0.717, 1.165) is 12.5 Å². The third-order valence-electron chi connectivity index (χ3n) is 4.87. The first kappa shape index (κ1) is 37.1. The first-order chi connectivity index (χ1) is 18.9. The minimum atomic E-state index is -1.98. The van der Waals surface area contributed by atoms with Gasteiger partial charge in [0.05, 0.1) is 6.61 Å². The molecule has 2 aliphatic carbocycles. The molecular weight excluding hydrogens is 671 g/mol. The second kappa shape index (κ2) is 26.3. The molecule has 0 bridgehead atoms. The predicted octanol–water partition coefficient (Wildman–Crippen LogP) is 5.11. The monoisotopic (exact) mass is 704 g/mol. The topological polar surface area (TPSA) is 49.0 Å². The van der Waals surface area contributed by atoms with Crippen LogP contribution < -0.4 is 10.7 Å². The first-order valence-electron chi connectivity index (χ1n) is 11.9. The second-order valence-corrected chi connectivity index (χ2v) is 14.4. The molecule has 0 aliphatic heterocycles. The summed E-state index contributed by atoms with van der Waals surface area (Å²) in [5, 5.41) is 0. The standard InChI is InChI=1S/C9H11O.3C6H5.C5H4.2CO.Mo.Sn/c1-2-10-8-9-6-4-3-5-7-9;3*1-2-4-6-5-3-1;1-2-4-5-3-1;2*1-2;;/h3-8H,2H2,1H3;3*1-5H;1-4H;;;;/q;;;;-1;;;+2;+1. The summed E-state index contributed by atoms with van der Waals surface area (Å²) in [5.41, 5.74) is 0. The van der Waals surface area contributed by atoms with Crippen LogP contribution in [0.1, 0.15) is 6.92 Å². The van der Waals surface area contributed by atoms with E-state index in [0.29, 0.717) is 0 Å². The second-order valence-electron chi connectivity index (χ2n) is 7.34. The zero-order valence-electron chi connectivity index (χ0n) is 21.8. The van der Waals surface area contributed by atoms with Gasteiger partial charge in [-0.05, 0) is 13.3 Å². The summed E-state index contributed by atoms with van der Waals surface area (Å²) >= 11 is -1.98. The van der Waals surface area contributed by atoms with Crippen molar-refractivity contribution in [2.45, 2.75) is 6.92 Å². The predicted molar refractivity (Wildman–Crippen MR) is 154 cm³/mol. The molecule has 2 aliphatic rings. The Labute approximate surface area is 257 Å². The Kier molecular flexibility index (Phi) is 25.0. The number of allylic oxidation sites excluding steroid dienone is 3. The van der Waals surface area contributed by atoms with E-state index >= 15 is 0 Å². The van der Waals surface area contributed by atoms with Crippen molar-refractivity contribution in [3.05, 3.63) is 180 Å². The number of ether oxygens (including phenoxy) is 1. The molecule has 0 unspecified atom stereocenters. The zero-order valence-corrected chi connectivity index (χ0v) is 26.6. The molecule has 3 aromatic carbocycles. The maximum atomic E-state index is 7.50. The van der Waals surface area contributed by atoms with Crippen LogP contribution in [0.15, 0.2) is 115 Å². The molecule has 0 aromatic heterocycles. The van der Waals surface area contributed by atoms with Gasteiger partial charge in [0.15, 0.2) is 0 Å². The van der Waals surface area contributed by atoms with Crippen LogP contribution >= 0.6 is 0 Å². The number of rotatable bonds is 6. The summed E-state index contributed by atoms with van der Waals surface area (Å²) < 4.78 is 24.7. The Balaban J connectivity index is 0.000000606. The van der Waals surface area contributed by atoms with E-state index in [-0.39, 0.29) is 21.1 Å². The molecule has 0 atom stereocenters. The van der Waals surface area contributed by atoms with Crippen LogP contribution in [0.25, 0.3) is 0 Å². The Bertz CT molecular complexity index is 939. The van der Waals surface area contributed by atoms with Gasteiger partial charge in [0, 0.05) is 12.5 Å². The van der Waals surface area contributed by atoms with Gasteiger partial charge in [-0.15, -0.1) is 0 Å². The van der Waals surface area contributed by atoms with Gasteiger partial charge in [-0.3, -0.25) is 0 Å². The molecule has 0 amide bonds.